The Morgan fingerprint density at radius 2 is 1.79 bits per heavy atom. The molecule has 2 aromatic carbocycles. The third kappa shape index (κ3) is 3.97. The molecule has 29 heavy (non-hydrogen) atoms. The monoisotopic (exact) mass is 411 g/mol. The average molecular weight is 412 g/mol. The molecule has 1 aromatic heterocycles. The van der Waals surface area contributed by atoms with Crippen LogP contribution >= 0.6 is 0 Å². The molecule has 1 saturated heterocycles. The van der Waals surface area contributed by atoms with E-state index in [-0.39, 0.29) is 5.92 Å². The van der Waals surface area contributed by atoms with E-state index in [1.165, 1.54) is 0 Å². The summed E-state index contributed by atoms with van der Waals surface area (Å²) in [7, 11) is -3.55. The highest BCUT2D eigenvalue weighted by molar-refractivity contribution is 7.89. The summed E-state index contributed by atoms with van der Waals surface area (Å²) in [6.07, 6.45) is 1.61. The molecule has 0 saturated carbocycles. The van der Waals surface area contributed by atoms with Crippen molar-refractivity contribution in [2.75, 3.05) is 13.1 Å². The number of nitrogens with zero attached hydrogens (tertiary/aromatic N) is 3. The molecule has 1 unspecified atom stereocenters. The molecular formula is C22H25N3O3S. The SMILES string of the molecule is Cc1ccc(-c2nc(C3CCCN(S(=O)(=O)c4ccc(C)c(C)c4)C3)no2)cc1. The second kappa shape index (κ2) is 7.72. The van der Waals surface area contributed by atoms with Gasteiger partial charge in [0.2, 0.25) is 10.0 Å². The minimum Gasteiger partial charge on any atom is -0.334 e. The van der Waals surface area contributed by atoms with E-state index in [1.807, 2.05) is 51.1 Å². The first-order valence-electron chi connectivity index (χ1n) is 9.82. The van der Waals surface area contributed by atoms with E-state index in [4.69, 9.17) is 4.52 Å². The van der Waals surface area contributed by atoms with Crippen molar-refractivity contribution in [1.82, 2.24) is 14.4 Å². The number of piperidine rings is 1. The quantitative estimate of drug-likeness (QED) is 0.642. The van der Waals surface area contributed by atoms with E-state index < -0.39 is 10.0 Å². The summed E-state index contributed by atoms with van der Waals surface area (Å²) >= 11 is 0. The predicted molar refractivity (Wildman–Crippen MR) is 111 cm³/mol. The van der Waals surface area contributed by atoms with Crippen molar-refractivity contribution in [3.8, 4) is 11.5 Å². The van der Waals surface area contributed by atoms with Gasteiger partial charge in [0, 0.05) is 24.6 Å². The number of aryl methyl sites for hydroxylation is 3. The van der Waals surface area contributed by atoms with Crippen molar-refractivity contribution < 1.29 is 12.9 Å². The molecule has 0 bridgehead atoms. The molecule has 0 N–H and O–H groups in total. The van der Waals surface area contributed by atoms with Gasteiger partial charge in [0.25, 0.3) is 5.89 Å². The summed E-state index contributed by atoms with van der Waals surface area (Å²) in [4.78, 5) is 4.89. The van der Waals surface area contributed by atoms with Crippen molar-refractivity contribution >= 4 is 10.0 Å². The summed E-state index contributed by atoms with van der Waals surface area (Å²) in [6.45, 7) is 6.80. The van der Waals surface area contributed by atoms with E-state index in [0.29, 0.717) is 29.7 Å². The maximum Gasteiger partial charge on any atom is 0.257 e. The second-order valence-corrected chi connectivity index (χ2v) is 9.71. The summed E-state index contributed by atoms with van der Waals surface area (Å²) < 4.78 is 33.3. The first kappa shape index (κ1) is 19.8. The van der Waals surface area contributed by atoms with Crippen LogP contribution in [0.3, 0.4) is 0 Å². The molecule has 1 aliphatic heterocycles. The zero-order chi connectivity index (χ0) is 20.6. The highest BCUT2D eigenvalue weighted by Gasteiger charge is 2.33. The molecule has 7 heteroatoms. The van der Waals surface area contributed by atoms with Gasteiger partial charge in [-0.3, -0.25) is 0 Å². The molecule has 3 aromatic rings. The van der Waals surface area contributed by atoms with Crippen LogP contribution in [0.1, 0.15) is 41.3 Å². The predicted octanol–water partition coefficient (Wildman–Crippen LogP) is 4.23. The van der Waals surface area contributed by atoms with E-state index in [9.17, 15) is 8.42 Å². The Balaban J connectivity index is 1.55. The zero-order valence-corrected chi connectivity index (χ0v) is 17.7. The van der Waals surface area contributed by atoms with Gasteiger partial charge < -0.3 is 4.52 Å². The third-order valence-electron chi connectivity index (χ3n) is 5.61. The molecule has 0 spiro atoms. The van der Waals surface area contributed by atoms with Crippen LogP contribution in [0.25, 0.3) is 11.5 Å². The van der Waals surface area contributed by atoms with Gasteiger partial charge in [-0.15, -0.1) is 0 Å². The lowest BCUT2D eigenvalue weighted by atomic mass is 9.99. The molecule has 152 valence electrons. The van der Waals surface area contributed by atoms with Gasteiger partial charge in [-0.05, 0) is 69.0 Å². The lowest BCUT2D eigenvalue weighted by Gasteiger charge is -2.30. The van der Waals surface area contributed by atoms with Crippen LogP contribution in [-0.4, -0.2) is 36.0 Å². The van der Waals surface area contributed by atoms with E-state index in [1.54, 1.807) is 16.4 Å². The van der Waals surface area contributed by atoms with Crippen molar-refractivity contribution in [1.29, 1.82) is 0 Å². The van der Waals surface area contributed by atoms with Gasteiger partial charge in [-0.2, -0.15) is 9.29 Å². The number of sulfonamides is 1. The minimum atomic E-state index is -3.55. The van der Waals surface area contributed by atoms with Crippen molar-refractivity contribution in [3.05, 3.63) is 65.0 Å². The summed E-state index contributed by atoms with van der Waals surface area (Å²) in [5.41, 5.74) is 4.08. The molecule has 1 atom stereocenters. The van der Waals surface area contributed by atoms with Gasteiger partial charge in [0.1, 0.15) is 0 Å². The largest absolute Gasteiger partial charge is 0.334 e. The molecule has 6 nitrogen and oxygen atoms in total. The number of aromatic nitrogens is 2. The molecule has 2 heterocycles. The summed E-state index contributed by atoms with van der Waals surface area (Å²) in [5.74, 6) is 0.961. The highest BCUT2D eigenvalue weighted by Crippen LogP contribution is 2.30. The third-order valence-corrected chi connectivity index (χ3v) is 7.47. The van der Waals surface area contributed by atoms with Crippen LogP contribution in [-0.2, 0) is 10.0 Å². The minimum absolute atomic E-state index is 0.0759. The Morgan fingerprint density at radius 1 is 1.03 bits per heavy atom. The van der Waals surface area contributed by atoms with Gasteiger partial charge in [0.05, 0.1) is 4.90 Å². The normalized spacial score (nSPS) is 18.1. The molecular weight excluding hydrogens is 386 g/mol. The Labute approximate surface area is 171 Å². The van der Waals surface area contributed by atoms with Crippen LogP contribution in [0.15, 0.2) is 51.9 Å². The molecule has 0 amide bonds. The van der Waals surface area contributed by atoms with Gasteiger partial charge >= 0.3 is 0 Å². The van der Waals surface area contributed by atoms with E-state index >= 15 is 0 Å². The fraction of sp³-hybridized carbons (Fsp3) is 0.364. The smallest absolute Gasteiger partial charge is 0.257 e. The van der Waals surface area contributed by atoms with Crippen LogP contribution in [0.5, 0.6) is 0 Å². The maximum absolute atomic E-state index is 13.1. The van der Waals surface area contributed by atoms with Crippen LogP contribution in [0.4, 0.5) is 0 Å². The number of hydrogen-bond donors (Lipinski definition) is 0. The van der Waals surface area contributed by atoms with Crippen LogP contribution < -0.4 is 0 Å². The Bertz CT molecular complexity index is 1120. The molecule has 1 fully saturated rings. The number of rotatable bonds is 4. The molecule has 0 radical (unpaired) electrons. The lowest BCUT2D eigenvalue weighted by Crippen LogP contribution is -2.39. The second-order valence-electron chi connectivity index (χ2n) is 7.77. The zero-order valence-electron chi connectivity index (χ0n) is 16.9. The molecule has 0 aliphatic carbocycles. The van der Waals surface area contributed by atoms with Crippen molar-refractivity contribution in [2.45, 2.75) is 44.4 Å². The van der Waals surface area contributed by atoms with Crippen LogP contribution in [0.2, 0.25) is 0 Å². The average Bonchev–Trinajstić information content (AvgIpc) is 3.21. The maximum atomic E-state index is 13.1. The first-order chi connectivity index (χ1) is 13.8. The van der Waals surface area contributed by atoms with Gasteiger partial charge in [-0.25, -0.2) is 8.42 Å². The fourth-order valence-corrected chi connectivity index (χ4v) is 5.22. The Hall–Kier alpha value is -2.51. The highest BCUT2D eigenvalue weighted by atomic mass is 32.2. The molecule has 4 rings (SSSR count). The fourth-order valence-electron chi connectivity index (χ4n) is 3.61. The van der Waals surface area contributed by atoms with Crippen molar-refractivity contribution in [3.63, 3.8) is 0 Å². The van der Waals surface area contributed by atoms with Gasteiger partial charge in [-0.1, -0.05) is 28.9 Å². The van der Waals surface area contributed by atoms with E-state index in [0.717, 1.165) is 35.1 Å². The van der Waals surface area contributed by atoms with Crippen molar-refractivity contribution in [2.24, 2.45) is 0 Å². The van der Waals surface area contributed by atoms with E-state index in [2.05, 4.69) is 10.1 Å². The number of hydrogen-bond acceptors (Lipinski definition) is 5. The summed E-state index contributed by atoms with van der Waals surface area (Å²) in [5, 5.41) is 4.15. The summed E-state index contributed by atoms with van der Waals surface area (Å²) in [6, 6.07) is 13.2. The standard InChI is InChI=1S/C22H25N3O3S/c1-15-6-9-18(10-7-15)22-23-21(24-28-22)19-5-4-12-25(14-19)29(26,27)20-11-8-16(2)17(3)13-20/h6-11,13,19H,4-5,12,14H2,1-3H3. The van der Waals surface area contributed by atoms with Gasteiger partial charge in [0.15, 0.2) is 5.82 Å². The Morgan fingerprint density at radius 3 is 2.52 bits per heavy atom. The Kier molecular flexibility index (Phi) is 5.27. The lowest BCUT2D eigenvalue weighted by molar-refractivity contribution is 0.302. The topological polar surface area (TPSA) is 76.3 Å². The first-order valence-corrected chi connectivity index (χ1v) is 11.3. The number of benzene rings is 2. The molecule has 1 aliphatic rings. The van der Waals surface area contributed by atoms with Crippen LogP contribution in [0, 0.1) is 20.8 Å².